The Hall–Kier alpha value is -1.03. The van der Waals surface area contributed by atoms with Crippen LogP contribution in [0, 0.1) is 0 Å². The number of unbranched alkanes of at least 4 members (excludes halogenated alkanes) is 3. The lowest BCUT2D eigenvalue weighted by atomic mass is 10.2. The maximum atomic E-state index is 5.57. The van der Waals surface area contributed by atoms with E-state index in [1.807, 2.05) is 10.9 Å². The summed E-state index contributed by atoms with van der Waals surface area (Å²) >= 11 is 0. The normalized spacial score (nSPS) is 10.7. The summed E-state index contributed by atoms with van der Waals surface area (Å²) in [5.74, 6) is 0.861. The number of nitrogens with zero attached hydrogens (tertiary/aromatic N) is 2. The molecule has 0 aliphatic carbocycles. The van der Waals surface area contributed by atoms with E-state index in [9.17, 15) is 0 Å². The van der Waals surface area contributed by atoms with E-state index >= 15 is 0 Å². The maximum absolute atomic E-state index is 5.57. The predicted molar refractivity (Wildman–Crippen MR) is 70.4 cm³/mol. The van der Waals surface area contributed by atoms with E-state index in [0.717, 1.165) is 25.4 Å². The number of aromatic nitrogens is 2. The molecule has 17 heavy (non-hydrogen) atoms. The van der Waals surface area contributed by atoms with Crippen molar-refractivity contribution in [2.75, 3.05) is 19.7 Å². The molecule has 0 aromatic carbocycles. The summed E-state index contributed by atoms with van der Waals surface area (Å²) in [6, 6.07) is 0. The fourth-order valence-electron chi connectivity index (χ4n) is 1.63. The van der Waals surface area contributed by atoms with Crippen molar-refractivity contribution >= 4 is 0 Å². The first-order valence-corrected chi connectivity index (χ1v) is 6.72. The topological polar surface area (TPSA) is 39.1 Å². The molecule has 4 nitrogen and oxygen atoms in total. The fourth-order valence-corrected chi connectivity index (χ4v) is 1.63. The van der Waals surface area contributed by atoms with Crippen LogP contribution in [0.4, 0.5) is 0 Å². The van der Waals surface area contributed by atoms with Crippen molar-refractivity contribution in [3.05, 3.63) is 12.4 Å². The van der Waals surface area contributed by atoms with Crippen molar-refractivity contribution in [2.24, 2.45) is 0 Å². The summed E-state index contributed by atoms with van der Waals surface area (Å²) in [6.07, 6.45) is 8.93. The van der Waals surface area contributed by atoms with Gasteiger partial charge in [0, 0.05) is 13.1 Å². The van der Waals surface area contributed by atoms with E-state index in [0.29, 0.717) is 6.61 Å². The first-order valence-electron chi connectivity index (χ1n) is 6.72. The molecule has 0 fully saturated rings. The van der Waals surface area contributed by atoms with Crippen molar-refractivity contribution in [1.82, 2.24) is 15.1 Å². The number of nitrogens with one attached hydrogen (secondary N) is 1. The monoisotopic (exact) mass is 239 g/mol. The summed E-state index contributed by atoms with van der Waals surface area (Å²) in [5.41, 5.74) is 0. The van der Waals surface area contributed by atoms with Gasteiger partial charge >= 0.3 is 0 Å². The van der Waals surface area contributed by atoms with Gasteiger partial charge in [0.2, 0.25) is 0 Å². The molecule has 0 spiro atoms. The maximum Gasteiger partial charge on any atom is 0.157 e. The molecule has 0 radical (unpaired) electrons. The van der Waals surface area contributed by atoms with Crippen LogP contribution >= 0.6 is 0 Å². The zero-order valence-corrected chi connectivity index (χ0v) is 11.1. The Labute approximate surface area is 104 Å². The van der Waals surface area contributed by atoms with Gasteiger partial charge in [-0.1, -0.05) is 26.2 Å². The van der Waals surface area contributed by atoms with Gasteiger partial charge in [-0.15, -0.1) is 0 Å². The zero-order valence-electron chi connectivity index (χ0n) is 11.1. The molecule has 0 unspecified atom stereocenters. The number of ether oxygens (including phenoxy) is 1. The molecule has 0 aliphatic rings. The Morgan fingerprint density at radius 2 is 2.12 bits per heavy atom. The van der Waals surface area contributed by atoms with Gasteiger partial charge in [-0.05, 0) is 19.9 Å². The average molecular weight is 239 g/mol. The van der Waals surface area contributed by atoms with Crippen molar-refractivity contribution in [3.8, 4) is 5.75 Å². The van der Waals surface area contributed by atoms with Crippen LogP contribution in [0.25, 0.3) is 0 Å². The van der Waals surface area contributed by atoms with Gasteiger partial charge in [0.25, 0.3) is 0 Å². The molecule has 0 atom stereocenters. The standard InChI is InChI=1S/C13H25N3O/c1-3-5-6-7-8-14-9-10-17-13-11-15-16(4-2)12-13/h11-12,14H,3-10H2,1-2H3. The Balaban J connectivity index is 1.93. The van der Waals surface area contributed by atoms with E-state index in [1.54, 1.807) is 6.20 Å². The SMILES string of the molecule is CCCCCCNCCOc1cnn(CC)c1. The number of aryl methyl sites for hydroxylation is 1. The van der Waals surface area contributed by atoms with Crippen LogP contribution < -0.4 is 10.1 Å². The second-order valence-corrected chi connectivity index (χ2v) is 4.19. The van der Waals surface area contributed by atoms with Gasteiger partial charge in [0.1, 0.15) is 6.61 Å². The molecule has 1 heterocycles. The van der Waals surface area contributed by atoms with Crippen LogP contribution in [0.15, 0.2) is 12.4 Å². The summed E-state index contributed by atoms with van der Waals surface area (Å²) in [7, 11) is 0. The summed E-state index contributed by atoms with van der Waals surface area (Å²) in [6.45, 7) is 7.90. The molecule has 1 rings (SSSR count). The average Bonchev–Trinajstić information content (AvgIpc) is 2.80. The third-order valence-electron chi connectivity index (χ3n) is 2.69. The van der Waals surface area contributed by atoms with E-state index in [-0.39, 0.29) is 0 Å². The predicted octanol–water partition coefficient (Wildman–Crippen LogP) is 2.45. The fraction of sp³-hybridized carbons (Fsp3) is 0.769. The summed E-state index contributed by atoms with van der Waals surface area (Å²) in [4.78, 5) is 0. The lowest BCUT2D eigenvalue weighted by Crippen LogP contribution is -2.22. The minimum Gasteiger partial charge on any atom is -0.489 e. The van der Waals surface area contributed by atoms with Crippen molar-refractivity contribution in [3.63, 3.8) is 0 Å². The van der Waals surface area contributed by atoms with E-state index < -0.39 is 0 Å². The summed E-state index contributed by atoms with van der Waals surface area (Å²) < 4.78 is 7.44. The van der Waals surface area contributed by atoms with Gasteiger partial charge in [-0.3, -0.25) is 4.68 Å². The second-order valence-electron chi connectivity index (χ2n) is 4.19. The van der Waals surface area contributed by atoms with Crippen LogP contribution in [-0.4, -0.2) is 29.5 Å². The van der Waals surface area contributed by atoms with Crippen molar-refractivity contribution < 1.29 is 4.74 Å². The first-order chi connectivity index (χ1) is 8.36. The highest BCUT2D eigenvalue weighted by atomic mass is 16.5. The minimum absolute atomic E-state index is 0.711. The third kappa shape index (κ3) is 6.31. The van der Waals surface area contributed by atoms with Gasteiger partial charge < -0.3 is 10.1 Å². The van der Waals surface area contributed by atoms with Crippen molar-refractivity contribution in [2.45, 2.75) is 46.1 Å². The highest BCUT2D eigenvalue weighted by Gasteiger charge is 1.97. The van der Waals surface area contributed by atoms with Crippen LogP contribution in [-0.2, 0) is 6.54 Å². The van der Waals surface area contributed by atoms with Crippen molar-refractivity contribution in [1.29, 1.82) is 0 Å². The van der Waals surface area contributed by atoms with Gasteiger partial charge in [0.15, 0.2) is 5.75 Å². The van der Waals surface area contributed by atoms with Gasteiger partial charge in [0.05, 0.1) is 12.4 Å². The third-order valence-corrected chi connectivity index (χ3v) is 2.69. The molecular formula is C13H25N3O. The van der Waals surface area contributed by atoms with E-state index in [1.165, 1.54) is 25.7 Å². The molecule has 0 aliphatic heterocycles. The summed E-state index contributed by atoms with van der Waals surface area (Å²) in [5, 5.41) is 7.54. The van der Waals surface area contributed by atoms with Crippen LogP contribution in [0.2, 0.25) is 0 Å². The molecule has 0 amide bonds. The Bertz CT molecular complexity index is 286. The second kappa shape index (κ2) is 9.05. The molecule has 1 aromatic heterocycles. The smallest absolute Gasteiger partial charge is 0.157 e. The Morgan fingerprint density at radius 3 is 2.82 bits per heavy atom. The van der Waals surface area contributed by atoms with Crippen LogP contribution in [0.3, 0.4) is 0 Å². The molecular weight excluding hydrogens is 214 g/mol. The molecule has 1 N–H and O–H groups in total. The molecule has 0 saturated heterocycles. The highest BCUT2D eigenvalue weighted by molar-refractivity contribution is 5.11. The van der Waals surface area contributed by atoms with Crippen LogP contribution in [0.5, 0.6) is 5.75 Å². The number of rotatable bonds is 10. The van der Waals surface area contributed by atoms with Gasteiger partial charge in [-0.25, -0.2) is 0 Å². The van der Waals surface area contributed by atoms with E-state index in [4.69, 9.17) is 4.74 Å². The number of hydrogen-bond donors (Lipinski definition) is 1. The largest absolute Gasteiger partial charge is 0.489 e. The molecule has 0 saturated carbocycles. The van der Waals surface area contributed by atoms with Gasteiger partial charge in [-0.2, -0.15) is 5.10 Å². The quantitative estimate of drug-likeness (QED) is 0.637. The molecule has 4 heteroatoms. The van der Waals surface area contributed by atoms with E-state index in [2.05, 4.69) is 24.3 Å². The minimum atomic E-state index is 0.711. The molecule has 1 aromatic rings. The number of hydrogen-bond acceptors (Lipinski definition) is 3. The lowest BCUT2D eigenvalue weighted by Gasteiger charge is -2.05. The van der Waals surface area contributed by atoms with Crippen LogP contribution in [0.1, 0.15) is 39.5 Å². The lowest BCUT2D eigenvalue weighted by molar-refractivity contribution is 0.313. The zero-order chi connectivity index (χ0) is 12.3. The Kier molecular flexibility index (Phi) is 7.47. The first kappa shape index (κ1) is 14.0. The highest BCUT2D eigenvalue weighted by Crippen LogP contribution is 2.07. The molecule has 98 valence electrons. The Morgan fingerprint density at radius 1 is 1.24 bits per heavy atom. The molecule has 0 bridgehead atoms.